The molecule has 2 aromatic rings. The predicted molar refractivity (Wildman–Crippen MR) is 81.3 cm³/mol. The molecule has 0 saturated carbocycles. The number of amides is 3. The molecular weight excluding hydrogens is 296 g/mol. The highest BCUT2D eigenvalue weighted by molar-refractivity contribution is 6.07. The van der Waals surface area contributed by atoms with Crippen LogP contribution in [0.2, 0.25) is 0 Å². The second-order valence-corrected chi connectivity index (χ2v) is 5.77. The maximum Gasteiger partial charge on any atom is 0.325 e. The van der Waals surface area contributed by atoms with Gasteiger partial charge >= 0.3 is 6.03 Å². The number of hydrogen-bond acceptors (Lipinski definition) is 5. The number of hydrogen-bond donors (Lipinski definition) is 1. The summed E-state index contributed by atoms with van der Waals surface area (Å²) >= 11 is 0. The van der Waals surface area contributed by atoms with Crippen LogP contribution in [0.5, 0.6) is 0 Å². The second-order valence-electron chi connectivity index (χ2n) is 5.77. The number of rotatable bonds is 4. The number of nitrogens with one attached hydrogen (secondary N) is 1. The van der Waals surface area contributed by atoms with E-state index in [-0.39, 0.29) is 18.3 Å². The molecule has 1 N–H and O–H groups in total. The smallest absolute Gasteiger partial charge is 0.325 e. The van der Waals surface area contributed by atoms with E-state index < -0.39 is 11.6 Å². The summed E-state index contributed by atoms with van der Waals surface area (Å²) in [6, 6.07) is 7.05. The van der Waals surface area contributed by atoms with Gasteiger partial charge in [0.05, 0.1) is 0 Å². The number of carbonyl (C=O) groups is 2. The Morgan fingerprint density at radius 1 is 1.26 bits per heavy atom. The Bertz CT molecular complexity index is 753. The highest BCUT2D eigenvalue weighted by atomic mass is 16.5. The Hall–Kier alpha value is -2.70. The molecule has 1 aliphatic heterocycles. The standard InChI is InChI=1S/C16H18N4O3/c1-4-12-17-13(23-19-12)9-20-14(21)16(3,18-15(20)22)11-7-5-10(2)6-8-11/h5-8H,4,9H2,1-3H3,(H,18,22)/t16-/m1/s1. The van der Waals surface area contributed by atoms with Crippen molar-refractivity contribution in [2.24, 2.45) is 0 Å². The fraction of sp³-hybridized carbons (Fsp3) is 0.375. The van der Waals surface area contributed by atoms with Crippen LogP contribution in [-0.2, 0) is 23.3 Å². The topological polar surface area (TPSA) is 88.3 Å². The summed E-state index contributed by atoms with van der Waals surface area (Å²) in [5.41, 5.74) is 0.742. The van der Waals surface area contributed by atoms with Crippen LogP contribution in [0.4, 0.5) is 4.79 Å². The maximum absolute atomic E-state index is 12.8. The van der Waals surface area contributed by atoms with Gasteiger partial charge in [0.15, 0.2) is 5.82 Å². The Labute approximate surface area is 133 Å². The van der Waals surface area contributed by atoms with E-state index in [1.807, 2.05) is 38.1 Å². The van der Waals surface area contributed by atoms with Gasteiger partial charge in [-0.3, -0.25) is 9.69 Å². The number of urea groups is 1. The third-order valence-electron chi connectivity index (χ3n) is 4.02. The molecule has 1 atom stereocenters. The SMILES string of the molecule is CCc1noc(CN2C(=O)N[C@](C)(c3ccc(C)cc3)C2=O)n1. The Morgan fingerprint density at radius 2 is 1.96 bits per heavy atom. The number of nitrogens with zero attached hydrogens (tertiary/aromatic N) is 3. The Morgan fingerprint density at radius 3 is 2.57 bits per heavy atom. The molecule has 1 saturated heterocycles. The zero-order chi connectivity index (χ0) is 16.6. The average molecular weight is 314 g/mol. The van der Waals surface area contributed by atoms with Gasteiger partial charge < -0.3 is 9.84 Å². The van der Waals surface area contributed by atoms with E-state index in [2.05, 4.69) is 15.5 Å². The van der Waals surface area contributed by atoms with Crippen molar-refractivity contribution in [1.82, 2.24) is 20.4 Å². The molecule has 0 unspecified atom stereocenters. The predicted octanol–water partition coefficient (Wildman–Crippen LogP) is 1.91. The first kappa shape index (κ1) is 15.2. The second kappa shape index (κ2) is 5.49. The van der Waals surface area contributed by atoms with Gasteiger partial charge in [-0.25, -0.2) is 4.79 Å². The molecule has 0 bridgehead atoms. The quantitative estimate of drug-likeness (QED) is 0.871. The zero-order valence-electron chi connectivity index (χ0n) is 13.3. The van der Waals surface area contributed by atoms with E-state index in [1.54, 1.807) is 6.92 Å². The van der Waals surface area contributed by atoms with Crippen molar-refractivity contribution in [1.29, 1.82) is 0 Å². The summed E-state index contributed by atoms with van der Waals surface area (Å²) in [4.78, 5) is 30.2. The third kappa shape index (κ3) is 2.58. The molecule has 1 aliphatic rings. The number of imide groups is 1. The summed E-state index contributed by atoms with van der Waals surface area (Å²) in [6.45, 7) is 5.54. The fourth-order valence-electron chi connectivity index (χ4n) is 2.56. The molecule has 0 aliphatic carbocycles. The largest absolute Gasteiger partial charge is 0.337 e. The third-order valence-corrected chi connectivity index (χ3v) is 4.02. The van der Waals surface area contributed by atoms with Crippen LogP contribution in [-0.4, -0.2) is 27.0 Å². The number of aryl methyl sites for hydroxylation is 2. The van der Waals surface area contributed by atoms with E-state index in [1.165, 1.54) is 0 Å². The normalized spacial score (nSPS) is 20.9. The van der Waals surface area contributed by atoms with E-state index in [0.717, 1.165) is 16.0 Å². The molecule has 2 heterocycles. The molecule has 1 aromatic heterocycles. The van der Waals surface area contributed by atoms with Crippen LogP contribution in [0.25, 0.3) is 0 Å². The van der Waals surface area contributed by atoms with Crippen molar-refractivity contribution < 1.29 is 14.1 Å². The van der Waals surface area contributed by atoms with Crippen LogP contribution in [0.15, 0.2) is 28.8 Å². The van der Waals surface area contributed by atoms with Crippen molar-refractivity contribution in [2.75, 3.05) is 0 Å². The van der Waals surface area contributed by atoms with E-state index in [0.29, 0.717) is 12.2 Å². The van der Waals surface area contributed by atoms with Crippen molar-refractivity contribution >= 4 is 11.9 Å². The molecule has 120 valence electrons. The highest BCUT2D eigenvalue weighted by Gasteiger charge is 2.49. The molecule has 3 rings (SSSR count). The van der Waals surface area contributed by atoms with Gasteiger partial charge in [-0.1, -0.05) is 41.9 Å². The average Bonchev–Trinajstić information content (AvgIpc) is 3.07. The van der Waals surface area contributed by atoms with Crippen molar-refractivity contribution in [3.63, 3.8) is 0 Å². The number of carbonyl (C=O) groups excluding carboxylic acids is 2. The van der Waals surface area contributed by atoms with Crippen LogP contribution in [0, 0.1) is 6.92 Å². The molecule has 0 spiro atoms. The Kier molecular flexibility index (Phi) is 3.63. The van der Waals surface area contributed by atoms with Gasteiger partial charge in [-0.05, 0) is 19.4 Å². The van der Waals surface area contributed by atoms with E-state index in [9.17, 15) is 9.59 Å². The lowest BCUT2D eigenvalue weighted by Gasteiger charge is -2.22. The molecule has 1 aromatic carbocycles. The summed E-state index contributed by atoms with van der Waals surface area (Å²) in [7, 11) is 0. The summed E-state index contributed by atoms with van der Waals surface area (Å²) in [5, 5.41) is 6.53. The minimum atomic E-state index is -1.08. The first-order valence-electron chi connectivity index (χ1n) is 7.46. The van der Waals surface area contributed by atoms with Gasteiger partial charge in [0.25, 0.3) is 5.91 Å². The van der Waals surface area contributed by atoms with E-state index in [4.69, 9.17) is 4.52 Å². The maximum atomic E-state index is 12.8. The Balaban J connectivity index is 1.85. The highest BCUT2D eigenvalue weighted by Crippen LogP contribution is 2.29. The lowest BCUT2D eigenvalue weighted by Crippen LogP contribution is -2.40. The molecule has 3 amide bonds. The van der Waals surface area contributed by atoms with Crippen LogP contribution < -0.4 is 5.32 Å². The lowest BCUT2D eigenvalue weighted by molar-refractivity contribution is -0.131. The molecular formula is C16H18N4O3. The molecule has 7 nitrogen and oxygen atoms in total. The van der Waals surface area contributed by atoms with Crippen molar-refractivity contribution in [3.05, 3.63) is 47.1 Å². The van der Waals surface area contributed by atoms with Crippen molar-refractivity contribution in [3.8, 4) is 0 Å². The van der Waals surface area contributed by atoms with Crippen molar-refractivity contribution in [2.45, 2.75) is 39.3 Å². The monoisotopic (exact) mass is 314 g/mol. The van der Waals surface area contributed by atoms with Crippen LogP contribution in [0.3, 0.4) is 0 Å². The van der Waals surface area contributed by atoms with Crippen LogP contribution >= 0.6 is 0 Å². The molecule has 0 radical (unpaired) electrons. The molecule has 23 heavy (non-hydrogen) atoms. The minimum Gasteiger partial charge on any atom is -0.337 e. The lowest BCUT2D eigenvalue weighted by atomic mass is 9.91. The first-order valence-corrected chi connectivity index (χ1v) is 7.46. The van der Waals surface area contributed by atoms with Gasteiger partial charge in [-0.15, -0.1) is 0 Å². The molecule has 1 fully saturated rings. The van der Waals surface area contributed by atoms with Crippen LogP contribution in [0.1, 0.15) is 36.7 Å². The van der Waals surface area contributed by atoms with Gasteiger partial charge in [0.1, 0.15) is 12.1 Å². The van der Waals surface area contributed by atoms with Gasteiger partial charge in [0, 0.05) is 6.42 Å². The number of benzene rings is 1. The summed E-state index contributed by atoms with van der Waals surface area (Å²) in [6.07, 6.45) is 0.630. The minimum absolute atomic E-state index is 0.0287. The first-order chi connectivity index (χ1) is 10.9. The fourth-order valence-corrected chi connectivity index (χ4v) is 2.56. The number of aromatic nitrogens is 2. The van der Waals surface area contributed by atoms with Gasteiger partial charge in [0.2, 0.25) is 5.89 Å². The van der Waals surface area contributed by atoms with Gasteiger partial charge in [-0.2, -0.15) is 4.98 Å². The van der Waals surface area contributed by atoms with E-state index >= 15 is 0 Å². The summed E-state index contributed by atoms with van der Waals surface area (Å²) in [5.74, 6) is 0.467. The molecule has 7 heteroatoms. The zero-order valence-corrected chi connectivity index (χ0v) is 13.3. The summed E-state index contributed by atoms with van der Waals surface area (Å²) < 4.78 is 5.07.